The zero-order valence-electron chi connectivity index (χ0n) is 13.1. The molecule has 0 aromatic carbocycles. The van der Waals surface area contributed by atoms with E-state index in [1.165, 1.54) is 36.9 Å². The van der Waals surface area contributed by atoms with Crippen molar-refractivity contribution < 1.29 is 4.74 Å². The summed E-state index contributed by atoms with van der Waals surface area (Å²) in [5, 5.41) is 3.26. The van der Waals surface area contributed by atoms with Crippen molar-refractivity contribution in [2.24, 2.45) is 0 Å². The molecule has 4 nitrogen and oxygen atoms in total. The first kappa shape index (κ1) is 15.1. The minimum absolute atomic E-state index is 0.265. The number of hydrogen-bond acceptors (Lipinski definition) is 5. The number of rotatable bonds is 4. The monoisotopic (exact) mass is 307 g/mol. The first-order valence-corrected chi connectivity index (χ1v) is 9.24. The highest BCUT2D eigenvalue weighted by atomic mass is 32.2. The van der Waals surface area contributed by atoms with Gasteiger partial charge in [0.1, 0.15) is 11.4 Å². The highest BCUT2D eigenvalue weighted by Gasteiger charge is 2.38. The number of ether oxygens (including phenoxy) is 1. The first-order chi connectivity index (χ1) is 10.3. The summed E-state index contributed by atoms with van der Waals surface area (Å²) in [4.78, 5) is 9.78. The van der Waals surface area contributed by atoms with Crippen LogP contribution in [0.5, 0.6) is 0 Å². The summed E-state index contributed by atoms with van der Waals surface area (Å²) in [6, 6.07) is 0. The fourth-order valence-corrected chi connectivity index (χ4v) is 4.51. The molecular formula is C16H25N3OS. The predicted octanol–water partition coefficient (Wildman–Crippen LogP) is 3.85. The van der Waals surface area contributed by atoms with Crippen LogP contribution in [0.4, 0.5) is 5.82 Å². The molecule has 1 N–H and O–H groups in total. The van der Waals surface area contributed by atoms with Gasteiger partial charge in [-0.15, -0.1) is 0 Å². The highest BCUT2D eigenvalue weighted by Crippen LogP contribution is 2.40. The molecule has 116 valence electrons. The van der Waals surface area contributed by atoms with Crippen molar-refractivity contribution in [3.63, 3.8) is 0 Å². The molecule has 0 radical (unpaired) electrons. The topological polar surface area (TPSA) is 47.0 Å². The molecule has 2 heterocycles. The number of hydrogen-bond donors (Lipinski definition) is 1. The van der Waals surface area contributed by atoms with E-state index in [4.69, 9.17) is 14.7 Å². The number of nitrogens with zero attached hydrogens (tertiary/aromatic N) is 2. The molecule has 2 aliphatic rings. The quantitative estimate of drug-likeness (QED) is 0.856. The van der Waals surface area contributed by atoms with E-state index in [2.05, 4.69) is 12.2 Å². The second-order valence-electron chi connectivity index (χ2n) is 5.91. The predicted molar refractivity (Wildman–Crippen MR) is 87.6 cm³/mol. The van der Waals surface area contributed by atoms with Gasteiger partial charge in [0.2, 0.25) is 0 Å². The fourth-order valence-electron chi connectivity index (χ4n) is 3.47. The lowest BCUT2D eigenvalue weighted by Crippen LogP contribution is -2.32. The van der Waals surface area contributed by atoms with Gasteiger partial charge in [-0.05, 0) is 19.8 Å². The van der Waals surface area contributed by atoms with Gasteiger partial charge in [0.25, 0.3) is 0 Å². The van der Waals surface area contributed by atoms with Crippen LogP contribution in [0.25, 0.3) is 0 Å². The van der Waals surface area contributed by atoms with E-state index < -0.39 is 0 Å². The SMILES string of the molecule is CCOC1(c2nc3c(c(NC)n2)CSC3)CCCCCC1. The summed E-state index contributed by atoms with van der Waals surface area (Å²) in [6.07, 6.45) is 7.13. The number of fused-ring (bicyclic) bond motifs is 1. The summed E-state index contributed by atoms with van der Waals surface area (Å²) >= 11 is 1.92. The Morgan fingerprint density at radius 3 is 2.57 bits per heavy atom. The average Bonchev–Trinajstić information content (AvgIpc) is 2.85. The lowest BCUT2D eigenvalue weighted by atomic mass is 9.92. The molecule has 1 aliphatic carbocycles. The zero-order chi connectivity index (χ0) is 14.7. The van der Waals surface area contributed by atoms with Crippen molar-refractivity contribution >= 4 is 17.6 Å². The molecule has 1 aliphatic heterocycles. The second-order valence-corrected chi connectivity index (χ2v) is 6.89. The molecule has 21 heavy (non-hydrogen) atoms. The minimum atomic E-state index is -0.265. The Balaban J connectivity index is 2.02. The van der Waals surface area contributed by atoms with E-state index >= 15 is 0 Å². The summed E-state index contributed by atoms with van der Waals surface area (Å²) in [5.41, 5.74) is 2.23. The van der Waals surface area contributed by atoms with Crippen molar-refractivity contribution in [2.45, 2.75) is 62.6 Å². The summed E-state index contributed by atoms with van der Waals surface area (Å²) in [7, 11) is 1.95. The Bertz CT molecular complexity index is 499. The lowest BCUT2D eigenvalue weighted by molar-refractivity contribution is -0.0624. The third-order valence-corrected chi connectivity index (χ3v) is 5.52. The van der Waals surface area contributed by atoms with E-state index in [1.807, 2.05) is 18.8 Å². The van der Waals surface area contributed by atoms with Gasteiger partial charge in [-0.2, -0.15) is 11.8 Å². The molecule has 0 atom stereocenters. The fraction of sp³-hybridized carbons (Fsp3) is 0.750. The molecule has 3 rings (SSSR count). The number of aromatic nitrogens is 2. The number of thioether (sulfide) groups is 1. The van der Waals surface area contributed by atoms with Crippen LogP contribution in [-0.4, -0.2) is 23.6 Å². The molecule has 1 saturated carbocycles. The van der Waals surface area contributed by atoms with E-state index in [9.17, 15) is 0 Å². The van der Waals surface area contributed by atoms with Gasteiger partial charge in [-0.25, -0.2) is 9.97 Å². The maximum atomic E-state index is 6.24. The first-order valence-electron chi connectivity index (χ1n) is 8.09. The van der Waals surface area contributed by atoms with Gasteiger partial charge < -0.3 is 10.1 Å². The van der Waals surface area contributed by atoms with Crippen LogP contribution < -0.4 is 5.32 Å². The number of nitrogens with one attached hydrogen (secondary N) is 1. The van der Waals surface area contributed by atoms with Crippen molar-refractivity contribution in [3.8, 4) is 0 Å². The Morgan fingerprint density at radius 1 is 1.14 bits per heavy atom. The van der Waals surface area contributed by atoms with Gasteiger partial charge in [-0.3, -0.25) is 0 Å². The molecule has 5 heteroatoms. The van der Waals surface area contributed by atoms with Crippen molar-refractivity contribution in [1.82, 2.24) is 9.97 Å². The Hall–Kier alpha value is -0.810. The van der Waals surface area contributed by atoms with Crippen LogP contribution in [-0.2, 0) is 21.8 Å². The van der Waals surface area contributed by atoms with Gasteiger partial charge in [0.15, 0.2) is 5.82 Å². The second kappa shape index (κ2) is 6.53. The van der Waals surface area contributed by atoms with Gasteiger partial charge in [0, 0.05) is 30.7 Å². The van der Waals surface area contributed by atoms with Gasteiger partial charge in [-0.1, -0.05) is 25.7 Å². The standard InChI is InChI=1S/C16H25N3OS/c1-3-20-16(8-6-4-5-7-9-16)15-18-13-11-21-10-12(13)14(17-2)19-15/h3-11H2,1-2H3,(H,17,18,19). The smallest absolute Gasteiger partial charge is 0.162 e. The Labute approximate surface area is 131 Å². The maximum Gasteiger partial charge on any atom is 0.162 e. The molecule has 1 aromatic rings. The molecule has 1 aromatic heterocycles. The van der Waals surface area contributed by atoms with E-state index in [1.54, 1.807) is 0 Å². The largest absolute Gasteiger partial charge is 0.373 e. The van der Waals surface area contributed by atoms with Crippen molar-refractivity contribution in [2.75, 3.05) is 19.0 Å². The number of anilines is 1. The third kappa shape index (κ3) is 2.90. The Morgan fingerprint density at radius 2 is 1.90 bits per heavy atom. The minimum Gasteiger partial charge on any atom is -0.373 e. The van der Waals surface area contributed by atoms with Crippen LogP contribution in [0.15, 0.2) is 0 Å². The molecule has 0 saturated heterocycles. The van der Waals surface area contributed by atoms with Crippen LogP contribution in [0.2, 0.25) is 0 Å². The van der Waals surface area contributed by atoms with Gasteiger partial charge >= 0.3 is 0 Å². The van der Waals surface area contributed by atoms with Crippen molar-refractivity contribution in [1.29, 1.82) is 0 Å². The third-order valence-electron chi connectivity index (χ3n) is 4.55. The zero-order valence-corrected chi connectivity index (χ0v) is 13.9. The summed E-state index contributed by atoms with van der Waals surface area (Å²) in [6.45, 7) is 2.80. The Kier molecular flexibility index (Phi) is 4.69. The van der Waals surface area contributed by atoms with Crippen LogP contribution in [0.3, 0.4) is 0 Å². The summed E-state index contributed by atoms with van der Waals surface area (Å²) in [5.74, 6) is 3.94. The van der Waals surface area contributed by atoms with Crippen LogP contribution >= 0.6 is 11.8 Å². The molecule has 0 unspecified atom stereocenters. The van der Waals surface area contributed by atoms with Crippen LogP contribution in [0.1, 0.15) is 62.5 Å². The molecule has 0 bridgehead atoms. The molecule has 0 amide bonds. The normalized spacial score (nSPS) is 20.9. The van der Waals surface area contributed by atoms with E-state index in [0.29, 0.717) is 0 Å². The van der Waals surface area contributed by atoms with Crippen molar-refractivity contribution in [3.05, 3.63) is 17.1 Å². The molecular weight excluding hydrogens is 282 g/mol. The molecule has 0 spiro atoms. The summed E-state index contributed by atoms with van der Waals surface area (Å²) < 4.78 is 6.24. The van der Waals surface area contributed by atoms with E-state index in [0.717, 1.165) is 42.6 Å². The van der Waals surface area contributed by atoms with Gasteiger partial charge in [0.05, 0.1) is 5.69 Å². The molecule has 1 fully saturated rings. The maximum absolute atomic E-state index is 6.24. The highest BCUT2D eigenvalue weighted by molar-refractivity contribution is 7.98. The lowest BCUT2D eigenvalue weighted by Gasteiger charge is -2.31. The average molecular weight is 307 g/mol. The van der Waals surface area contributed by atoms with E-state index in [-0.39, 0.29) is 5.60 Å². The van der Waals surface area contributed by atoms with Crippen LogP contribution in [0, 0.1) is 0 Å².